The normalized spacial score (nSPS) is 18.4. The fraction of sp³-hybridized carbons (Fsp3) is 1.00. The molecule has 0 amide bonds. The summed E-state index contributed by atoms with van der Waals surface area (Å²) in [6.07, 6.45) is -6.32. The second-order valence-corrected chi connectivity index (χ2v) is 12.1. The van der Waals surface area contributed by atoms with Gasteiger partial charge in [-0.2, -0.15) is 33.7 Å². The zero-order valence-corrected chi connectivity index (χ0v) is 18.4. The predicted molar refractivity (Wildman–Crippen MR) is 93.0 cm³/mol. The SMILES string of the molecule is CS(=O)(=O)OCC(OS(C)(=O)=O)C(O)C(O)C(COS(C)(=O)=O)OS(C)(=O)=O. The monoisotopic (exact) mass is 494 g/mol. The zero-order chi connectivity index (χ0) is 22.6. The van der Waals surface area contributed by atoms with Gasteiger partial charge in [-0.05, 0) is 0 Å². The molecule has 0 radical (unpaired) electrons. The summed E-state index contributed by atoms with van der Waals surface area (Å²) < 4.78 is 107. The molecule has 0 aliphatic carbocycles. The van der Waals surface area contributed by atoms with Crippen LogP contribution in [0.3, 0.4) is 0 Å². The number of hydrogen-bond donors (Lipinski definition) is 2. The van der Waals surface area contributed by atoms with Crippen molar-refractivity contribution in [1.82, 2.24) is 0 Å². The van der Waals surface area contributed by atoms with Crippen LogP contribution in [0.5, 0.6) is 0 Å². The summed E-state index contributed by atoms with van der Waals surface area (Å²) in [7, 11) is -16.8. The first-order valence-electron chi connectivity index (χ1n) is 7.01. The van der Waals surface area contributed by atoms with Crippen LogP contribution in [0.25, 0.3) is 0 Å². The molecule has 0 spiro atoms. The minimum atomic E-state index is -4.30. The first-order chi connectivity index (χ1) is 12.2. The number of aliphatic hydroxyl groups excluding tert-OH is 2. The molecule has 2 N–H and O–H groups in total. The van der Waals surface area contributed by atoms with Crippen molar-refractivity contribution in [3.63, 3.8) is 0 Å². The van der Waals surface area contributed by atoms with E-state index in [9.17, 15) is 43.9 Å². The van der Waals surface area contributed by atoms with Gasteiger partial charge in [0, 0.05) is 0 Å². The summed E-state index contributed by atoms with van der Waals surface area (Å²) >= 11 is 0. The second-order valence-electron chi connectivity index (χ2n) is 5.64. The Morgan fingerprint density at radius 2 is 0.821 bits per heavy atom. The molecular formula is C10H22O14S4. The molecule has 0 aromatic carbocycles. The summed E-state index contributed by atoms with van der Waals surface area (Å²) in [5.74, 6) is 0. The summed E-state index contributed by atoms with van der Waals surface area (Å²) in [6, 6.07) is 0. The second kappa shape index (κ2) is 10.0. The average molecular weight is 495 g/mol. The van der Waals surface area contributed by atoms with Crippen molar-refractivity contribution in [1.29, 1.82) is 0 Å². The Morgan fingerprint density at radius 3 is 1.00 bits per heavy atom. The van der Waals surface area contributed by atoms with Crippen LogP contribution >= 0.6 is 0 Å². The van der Waals surface area contributed by atoms with Gasteiger partial charge in [-0.1, -0.05) is 0 Å². The molecule has 0 saturated carbocycles. The lowest BCUT2D eigenvalue weighted by Gasteiger charge is -2.29. The minimum absolute atomic E-state index is 0.552. The van der Waals surface area contributed by atoms with Crippen molar-refractivity contribution < 1.29 is 60.6 Å². The molecule has 0 saturated heterocycles. The third-order valence-electron chi connectivity index (χ3n) is 2.60. The van der Waals surface area contributed by atoms with Gasteiger partial charge in [-0.3, -0.25) is 16.7 Å². The van der Waals surface area contributed by atoms with Gasteiger partial charge in [0.25, 0.3) is 40.5 Å². The molecule has 28 heavy (non-hydrogen) atoms. The fourth-order valence-corrected chi connectivity index (χ4v) is 3.64. The Labute approximate surface area is 163 Å². The molecule has 14 nitrogen and oxygen atoms in total. The lowest BCUT2D eigenvalue weighted by atomic mass is 10.0. The van der Waals surface area contributed by atoms with Gasteiger partial charge in [0.15, 0.2) is 0 Å². The molecule has 0 rings (SSSR count). The Kier molecular flexibility index (Phi) is 9.89. The van der Waals surface area contributed by atoms with Crippen molar-refractivity contribution in [2.75, 3.05) is 38.2 Å². The van der Waals surface area contributed by atoms with E-state index < -0.39 is 78.1 Å². The third-order valence-corrected chi connectivity index (χ3v) is 4.92. The van der Waals surface area contributed by atoms with Crippen LogP contribution in [0.15, 0.2) is 0 Å². The summed E-state index contributed by atoms with van der Waals surface area (Å²) in [5, 5.41) is 20.3. The topological polar surface area (TPSA) is 214 Å². The van der Waals surface area contributed by atoms with Crippen LogP contribution in [0.2, 0.25) is 0 Å². The maximum absolute atomic E-state index is 11.3. The quantitative estimate of drug-likeness (QED) is 0.236. The Hall–Kier alpha value is -0.440. The molecule has 0 aliphatic heterocycles. The maximum atomic E-state index is 11.3. The van der Waals surface area contributed by atoms with Gasteiger partial charge in [0.2, 0.25) is 0 Å². The number of hydrogen-bond acceptors (Lipinski definition) is 14. The highest BCUT2D eigenvalue weighted by molar-refractivity contribution is 7.86. The molecule has 18 heteroatoms. The van der Waals surface area contributed by atoms with E-state index in [1.807, 2.05) is 0 Å². The largest absolute Gasteiger partial charge is 0.387 e. The Bertz CT molecular complexity index is 839. The molecule has 0 heterocycles. The molecule has 0 aromatic heterocycles. The number of aliphatic hydroxyl groups is 2. The Balaban J connectivity index is 5.67. The van der Waals surface area contributed by atoms with Crippen molar-refractivity contribution in [3.8, 4) is 0 Å². The first-order valence-corrected chi connectivity index (χ1v) is 14.3. The smallest absolute Gasteiger partial charge is 0.264 e. The van der Waals surface area contributed by atoms with Crippen molar-refractivity contribution in [2.24, 2.45) is 0 Å². The molecule has 0 aliphatic rings. The standard InChI is InChI=1S/C10H22O14S4/c1-25(13,14)21-5-7(23-27(3,17)18)9(11)10(12)8(24-28(4,19)20)6-22-26(2,15)16/h7-12H,5-6H2,1-4H3. The molecule has 4 atom stereocenters. The predicted octanol–water partition coefficient (Wildman–Crippen LogP) is -3.65. The lowest BCUT2D eigenvalue weighted by Crippen LogP contribution is -2.50. The molecular weight excluding hydrogens is 472 g/mol. The van der Waals surface area contributed by atoms with Crippen LogP contribution in [-0.2, 0) is 57.2 Å². The van der Waals surface area contributed by atoms with E-state index in [1.165, 1.54) is 0 Å². The van der Waals surface area contributed by atoms with Crippen molar-refractivity contribution in [3.05, 3.63) is 0 Å². The van der Waals surface area contributed by atoms with Crippen molar-refractivity contribution in [2.45, 2.75) is 24.4 Å². The van der Waals surface area contributed by atoms with E-state index in [0.29, 0.717) is 25.0 Å². The summed E-state index contributed by atoms with van der Waals surface area (Å²) in [5.41, 5.74) is 0. The average Bonchev–Trinajstić information content (AvgIpc) is 2.42. The summed E-state index contributed by atoms with van der Waals surface area (Å²) in [6.45, 7) is -2.16. The van der Waals surface area contributed by atoms with Crippen molar-refractivity contribution >= 4 is 40.5 Å². The van der Waals surface area contributed by atoms with Crippen LogP contribution in [0, 0.1) is 0 Å². The highest BCUT2D eigenvalue weighted by Gasteiger charge is 2.38. The highest BCUT2D eigenvalue weighted by atomic mass is 32.2. The Morgan fingerprint density at radius 1 is 0.571 bits per heavy atom. The molecule has 0 aromatic rings. The molecule has 0 fully saturated rings. The van der Waals surface area contributed by atoms with E-state index in [2.05, 4.69) is 16.7 Å². The third kappa shape index (κ3) is 13.7. The van der Waals surface area contributed by atoms with E-state index in [1.54, 1.807) is 0 Å². The van der Waals surface area contributed by atoms with Crippen LogP contribution in [-0.4, -0.2) is 107 Å². The van der Waals surface area contributed by atoms with Crippen LogP contribution < -0.4 is 0 Å². The number of rotatable bonds is 13. The van der Waals surface area contributed by atoms with Gasteiger partial charge >= 0.3 is 0 Å². The first kappa shape index (κ1) is 27.6. The van der Waals surface area contributed by atoms with Gasteiger partial charge in [0.05, 0.1) is 38.2 Å². The molecule has 0 bridgehead atoms. The highest BCUT2D eigenvalue weighted by Crippen LogP contribution is 2.16. The van der Waals surface area contributed by atoms with E-state index in [4.69, 9.17) is 0 Å². The van der Waals surface area contributed by atoms with Crippen LogP contribution in [0.1, 0.15) is 0 Å². The van der Waals surface area contributed by atoms with Gasteiger partial charge < -0.3 is 10.2 Å². The van der Waals surface area contributed by atoms with E-state index in [0.717, 1.165) is 0 Å². The van der Waals surface area contributed by atoms with E-state index >= 15 is 0 Å². The molecule has 170 valence electrons. The minimum Gasteiger partial charge on any atom is -0.387 e. The van der Waals surface area contributed by atoms with Gasteiger partial charge in [-0.15, -0.1) is 0 Å². The van der Waals surface area contributed by atoms with Gasteiger partial charge in [0.1, 0.15) is 24.4 Å². The zero-order valence-electron chi connectivity index (χ0n) is 15.2. The van der Waals surface area contributed by atoms with E-state index in [-0.39, 0.29) is 0 Å². The van der Waals surface area contributed by atoms with Crippen LogP contribution in [0.4, 0.5) is 0 Å². The lowest BCUT2D eigenvalue weighted by molar-refractivity contribution is -0.103. The summed E-state index contributed by atoms with van der Waals surface area (Å²) in [4.78, 5) is 0. The molecule has 4 unspecified atom stereocenters. The van der Waals surface area contributed by atoms with Gasteiger partial charge in [-0.25, -0.2) is 0 Å². The fourth-order valence-electron chi connectivity index (χ4n) is 1.64. The maximum Gasteiger partial charge on any atom is 0.264 e.